The number of anilines is 2. The van der Waals surface area contributed by atoms with Crippen LogP contribution in [0.4, 0.5) is 24.8 Å². The number of carbonyl (C=O) groups excluding carboxylic acids is 2. The summed E-state index contributed by atoms with van der Waals surface area (Å²) in [4.78, 5) is 43.5. The fraction of sp³-hybridized carbons (Fsp3) is 0.344. The first kappa shape index (κ1) is 31.5. The van der Waals surface area contributed by atoms with Crippen molar-refractivity contribution in [1.29, 1.82) is 0 Å². The Kier molecular flexibility index (Phi) is 8.53. The van der Waals surface area contributed by atoms with E-state index in [1.807, 2.05) is 11.3 Å². The maximum atomic E-state index is 13.4. The van der Waals surface area contributed by atoms with Crippen molar-refractivity contribution in [3.63, 3.8) is 0 Å². The third-order valence-electron chi connectivity index (χ3n) is 7.98. The van der Waals surface area contributed by atoms with Crippen LogP contribution in [-0.2, 0) is 11.0 Å². The van der Waals surface area contributed by atoms with Crippen molar-refractivity contribution in [2.24, 2.45) is 0 Å². The predicted molar refractivity (Wildman–Crippen MR) is 164 cm³/mol. The van der Waals surface area contributed by atoms with Crippen molar-refractivity contribution in [2.45, 2.75) is 65.0 Å². The third-order valence-corrected chi connectivity index (χ3v) is 7.98. The summed E-state index contributed by atoms with van der Waals surface area (Å²) < 4.78 is 41.1. The van der Waals surface area contributed by atoms with Gasteiger partial charge < -0.3 is 16.0 Å². The number of carbonyl (C=O) groups is 2. The smallest absolute Gasteiger partial charge is 0.382 e. The number of piperazine rings is 1. The maximum Gasteiger partial charge on any atom is 0.416 e. The van der Waals surface area contributed by atoms with E-state index in [0.29, 0.717) is 29.1 Å². The largest absolute Gasteiger partial charge is 0.416 e. The van der Waals surface area contributed by atoms with Crippen LogP contribution in [0.5, 0.6) is 0 Å². The molecule has 0 spiro atoms. The van der Waals surface area contributed by atoms with E-state index >= 15 is 0 Å². The molecule has 1 aromatic carbocycles. The van der Waals surface area contributed by atoms with Crippen molar-refractivity contribution in [1.82, 2.24) is 29.2 Å². The van der Waals surface area contributed by atoms with E-state index in [1.165, 1.54) is 12.1 Å². The molecule has 0 saturated carbocycles. The highest BCUT2D eigenvalue weighted by molar-refractivity contribution is 6.04. The van der Waals surface area contributed by atoms with Crippen LogP contribution in [0.1, 0.15) is 62.4 Å². The topological polar surface area (TPSA) is 122 Å². The van der Waals surface area contributed by atoms with Gasteiger partial charge in [0.25, 0.3) is 11.8 Å². The number of benzene rings is 1. The van der Waals surface area contributed by atoms with E-state index in [4.69, 9.17) is 10.7 Å². The minimum Gasteiger partial charge on any atom is -0.382 e. The average Bonchev–Trinajstić information content (AvgIpc) is 3.38. The van der Waals surface area contributed by atoms with Crippen molar-refractivity contribution >= 4 is 29.0 Å². The molecule has 10 nitrogen and oxygen atoms in total. The number of nitrogens with zero attached hydrogens (tertiary/aromatic N) is 6. The van der Waals surface area contributed by atoms with E-state index in [9.17, 15) is 22.8 Å². The Labute approximate surface area is 258 Å². The van der Waals surface area contributed by atoms with Gasteiger partial charge in [-0.05, 0) is 64.8 Å². The molecule has 45 heavy (non-hydrogen) atoms. The minimum absolute atomic E-state index is 0.118. The van der Waals surface area contributed by atoms with Crippen LogP contribution >= 0.6 is 0 Å². The molecule has 0 bridgehead atoms. The lowest BCUT2D eigenvalue weighted by molar-refractivity contribution is -0.138. The standard InChI is InChI=1S/C32H33F3N8O2/c1-6-7-25(44)43-19(4)17-42(18(2)3)20(5)27(43)30-40-26(28-29(36)38-14-15-41(28)30)21-8-10-22(11-9-21)31(45)39-24-16-23(12-13-37-24)32(33,34)35/h8-16,18-20,27H,17H2,1-5H3,(H2,36,38)(H,37,39,45)/t19-,20-,27?/m0/s1. The van der Waals surface area contributed by atoms with E-state index < -0.39 is 23.7 Å². The fourth-order valence-electron chi connectivity index (χ4n) is 5.91. The lowest BCUT2D eigenvalue weighted by Crippen LogP contribution is -2.61. The number of nitrogens with two attached hydrogens (primary N) is 1. The zero-order valence-electron chi connectivity index (χ0n) is 25.4. The summed E-state index contributed by atoms with van der Waals surface area (Å²) >= 11 is 0. The second kappa shape index (κ2) is 12.2. The Morgan fingerprint density at radius 1 is 1.09 bits per heavy atom. The number of aromatic nitrogens is 4. The van der Waals surface area contributed by atoms with Crippen LogP contribution in [0.2, 0.25) is 0 Å². The summed E-state index contributed by atoms with van der Waals surface area (Å²) in [6.07, 6.45) is -0.261. The first-order valence-electron chi connectivity index (χ1n) is 14.4. The van der Waals surface area contributed by atoms with Crippen LogP contribution in [0, 0.1) is 11.8 Å². The second-order valence-corrected chi connectivity index (χ2v) is 11.2. The van der Waals surface area contributed by atoms with Crippen molar-refractivity contribution in [2.75, 3.05) is 17.6 Å². The number of nitrogen functional groups attached to an aromatic ring is 1. The van der Waals surface area contributed by atoms with Gasteiger partial charge in [0.1, 0.15) is 34.7 Å². The summed E-state index contributed by atoms with van der Waals surface area (Å²) in [6, 6.07) is 7.48. The monoisotopic (exact) mass is 618 g/mol. The van der Waals surface area contributed by atoms with Gasteiger partial charge in [-0.15, -0.1) is 0 Å². The molecule has 13 heteroatoms. The number of amides is 2. The number of nitrogens with one attached hydrogen (secondary N) is 1. The summed E-state index contributed by atoms with van der Waals surface area (Å²) in [5.41, 5.74) is 7.32. The van der Waals surface area contributed by atoms with E-state index in [2.05, 4.69) is 52.8 Å². The Balaban J connectivity index is 1.54. The highest BCUT2D eigenvalue weighted by Gasteiger charge is 2.44. The molecule has 2 amide bonds. The predicted octanol–water partition coefficient (Wildman–Crippen LogP) is 5.04. The van der Waals surface area contributed by atoms with E-state index in [-0.39, 0.29) is 41.2 Å². The third kappa shape index (κ3) is 6.06. The summed E-state index contributed by atoms with van der Waals surface area (Å²) in [5.74, 6) is 5.09. The van der Waals surface area contributed by atoms with Crippen molar-refractivity contribution < 1.29 is 22.8 Å². The molecule has 4 heterocycles. The zero-order chi connectivity index (χ0) is 32.6. The number of halogens is 3. The van der Waals surface area contributed by atoms with Crippen LogP contribution < -0.4 is 11.1 Å². The molecular formula is C32H33F3N8O2. The summed E-state index contributed by atoms with van der Waals surface area (Å²) in [6.45, 7) is 10.6. The molecule has 234 valence electrons. The fourth-order valence-corrected chi connectivity index (χ4v) is 5.91. The number of pyridine rings is 1. The molecule has 3 aromatic heterocycles. The molecule has 4 aromatic rings. The number of fused-ring (bicyclic) bond motifs is 1. The van der Waals surface area contributed by atoms with Gasteiger partial charge >= 0.3 is 6.18 Å². The van der Waals surface area contributed by atoms with Crippen molar-refractivity contribution in [3.8, 4) is 23.1 Å². The second-order valence-electron chi connectivity index (χ2n) is 11.2. The number of imidazole rings is 1. The van der Waals surface area contributed by atoms with Crippen LogP contribution in [0.15, 0.2) is 55.0 Å². The lowest BCUT2D eigenvalue weighted by atomic mass is 9.96. The summed E-state index contributed by atoms with van der Waals surface area (Å²) in [5, 5.41) is 2.41. The molecular weight excluding hydrogens is 585 g/mol. The maximum absolute atomic E-state index is 13.4. The van der Waals surface area contributed by atoms with Crippen LogP contribution in [0.25, 0.3) is 16.8 Å². The SMILES string of the molecule is CC#CC(=O)N1C(c2nc(-c3ccc(C(=O)Nc4cc(C(F)(F)F)ccn4)cc3)c3c(N)nccn23)[C@H](C)N(C(C)C)C[C@@H]1C. The zero-order valence-corrected chi connectivity index (χ0v) is 25.4. The molecule has 1 unspecified atom stereocenters. The highest BCUT2D eigenvalue weighted by atomic mass is 19.4. The summed E-state index contributed by atoms with van der Waals surface area (Å²) in [7, 11) is 0. The molecule has 1 aliphatic rings. The van der Waals surface area contributed by atoms with Gasteiger partial charge in [0.2, 0.25) is 0 Å². The van der Waals surface area contributed by atoms with Gasteiger partial charge in [-0.2, -0.15) is 13.2 Å². The molecule has 1 saturated heterocycles. The molecule has 1 aliphatic heterocycles. The average molecular weight is 619 g/mol. The normalized spacial score (nSPS) is 19.0. The molecule has 1 fully saturated rings. The molecule has 0 aliphatic carbocycles. The van der Waals surface area contributed by atoms with Crippen LogP contribution in [-0.4, -0.2) is 65.6 Å². The van der Waals surface area contributed by atoms with Crippen molar-refractivity contribution in [3.05, 3.63) is 71.9 Å². The van der Waals surface area contributed by atoms with Crippen LogP contribution in [0.3, 0.4) is 0 Å². The minimum atomic E-state index is -4.57. The Morgan fingerprint density at radius 3 is 2.44 bits per heavy atom. The Hall–Kier alpha value is -4.96. The van der Waals surface area contributed by atoms with Gasteiger partial charge in [0, 0.05) is 54.4 Å². The van der Waals surface area contributed by atoms with Gasteiger partial charge in [-0.1, -0.05) is 18.1 Å². The quantitative estimate of drug-likeness (QED) is 0.301. The molecule has 0 radical (unpaired) electrons. The van der Waals surface area contributed by atoms with Gasteiger partial charge in [-0.3, -0.25) is 18.9 Å². The van der Waals surface area contributed by atoms with E-state index in [1.54, 1.807) is 36.4 Å². The number of hydrogen-bond donors (Lipinski definition) is 2. The highest BCUT2D eigenvalue weighted by Crippen LogP contribution is 2.38. The van der Waals surface area contributed by atoms with Gasteiger partial charge in [-0.25, -0.2) is 15.0 Å². The lowest BCUT2D eigenvalue weighted by Gasteiger charge is -2.50. The molecule has 5 rings (SSSR count). The first-order valence-corrected chi connectivity index (χ1v) is 14.4. The Bertz CT molecular complexity index is 1810. The number of alkyl halides is 3. The Morgan fingerprint density at radius 2 is 1.80 bits per heavy atom. The van der Waals surface area contributed by atoms with Gasteiger partial charge in [0.15, 0.2) is 0 Å². The molecule has 3 N–H and O–H groups in total. The first-order chi connectivity index (χ1) is 21.3. The van der Waals surface area contributed by atoms with Gasteiger partial charge in [0.05, 0.1) is 5.56 Å². The number of rotatable bonds is 5. The molecule has 3 atom stereocenters. The number of hydrogen-bond acceptors (Lipinski definition) is 7. The van der Waals surface area contributed by atoms with E-state index in [0.717, 1.165) is 18.3 Å².